The van der Waals surface area contributed by atoms with Gasteiger partial charge in [0.05, 0.1) is 0 Å². The predicted octanol–water partition coefficient (Wildman–Crippen LogP) is -4.59. The molecule has 0 aliphatic heterocycles. The standard InChI is InChI=1S/C5H9.2ClH.Ga/c1-4-5(2)3;;;/h1-2,4H2,3H3;2*1H;/p-2. The van der Waals surface area contributed by atoms with Crippen molar-refractivity contribution >= 4 is 19.8 Å². The van der Waals surface area contributed by atoms with Crippen molar-refractivity contribution < 1.29 is 24.8 Å². The summed E-state index contributed by atoms with van der Waals surface area (Å²) >= 11 is 0. The topological polar surface area (TPSA) is 0 Å². The summed E-state index contributed by atoms with van der Waals surface area (Å²) in [6, 6.07) is 0. The van der Waals surface area contributed by atoms with Gasteiger partial charge in [0.25, 0.3) is 0 Å². The molecule has 0 saturated carbocycles. The van der Waals surface area contributed by atoms with Crippen LogP contribution in [0.3, 0.4) is 0 Å². The van der Waals surface area contributed by atoms with E-state index in [0.29, 0.717) is 0 Å². The number of hydrogen-bond donors (Lipinski definition) is 0. The first kappa shape index (κ1) is 23.1. The fourth-order valence-electron chi connectivity index (χ4n) is 0. The molecule has 8 heavy (non-hydrogen) atoms. The van der Waals surface area contributed by atoms with E-state index in [0.717, 1.165) is 12.0 Å². The Hall–Kier alpha value is 0.956. The summed E-state index contributed by atoms with van der Waals surface area (Å²) in [4.78, 5) is 0. The van der Waals surface area contributed by atoms with Gasteiger partial charge in [0, 0.05) is 19.8 Å². The maximum absolute atomic E-state index is 3.61. The zero-order valence-electron chi connectivity index (χ0n) is 4.95. The fourth-order valence-corrected chi connectivity index (χ4v) is 0. The van der Waals surface area contributed by atoms with E-state index in [4.69, 9.17) is 0 Å². The Morgan fingerprint density at radius 2 is 1.50 bits per heavy atom. The first-order chi connectivity index (χ1) is 2.27. The van der Waals surface area contributed by atoms with Crippen LogP contribution in [-0.2, 0) is 0 Å². The Labute approximate surface area is 77.0 Å². The minimum atomic E-state index is 0. The van der Waals surface area contributed by atoms with Crippen LogP contribution in [0.15, 0.2) is 12.2 Å². The van der Waals surface area contributed by atoms with Gasteiger partial charge in [-0.15, -0.1) is 6.58 Å². The molecular weight excluding hydrogens is 201 g/mol. The number of rotatable bonds is 1. The molecule has 0 fully saturated rings. The quantitative estimate of drug-likeness (QED) is 0.302. The van der Waals surface area contributed by atoms with Crippen molar-refractivity contribution in [1.29, 1.82) is 0 Å². The average Bonchev–Trinajstić information content (AvgIpc) is 1.38. The SMILES string of the molecule is [CH2]CC(=C)C.[Cl-].[Cl-].[Ga]. The van der Waals surface area contributed by atoms with Crippen LogP contribution in [0.2, 0.25) is 0 Å². The van der Waals surface area contributed by atoms with Crippen molar-refractivity contribution in [2.24, 2.45) is 0 Å². The van der Waals surface area contributed by atoms with Gasteiger partial charge in [0.15, 0.2) is 0 Å². The molecule has 0 atom stereocenters. The van der Waals surface area contributed by atoms with E-state index in [1.807, 2.05) is 6.92 Å². The van der Waals surface area contributed by atoms with Crippen LogP contribution in [0.25, 0.3) is 0 Å². The summed E-state index contributed by atoms with van der Waals surface area (Å²) < 4.78 is 0. The van der Waals surface area contributed by atoms with Crippen molar-refractivity contribution in [3.05, 3.63) is 19.1 Å². The van der Waals surface area contributed by atoms with Crippen LogP contribution in [0.1, 0.15) is 13.3 Å². The number of hydrogen-bond acceptors (Lipinski definition) is 0. The zero-order chi connectivity index (χ0) is 4.28. The molecule has 0 saturated heterocycles. The summed E-state index contributed by atoms with van der Waals surface area (Å²) in [7, 11) is 0. The molecular formula is C5H9Cl2Ga-2. The number of halogens is 2. The van der Waals surface area contributed by atoms with E-state index in [1.54, 1.807) is 0 Å². The molecule has 0 aliphatic carbocycles. The van der Waals surface area contributed by atoms with Crippen molar-refractivity contribution in [1.82, 2.24) is 0 Å². The molecule has 0 N–H and O–H groups in total. The Balaban J connectivity index is -0.0000000267. The van der Waals surface area contributed by atoms with Crippen molar-refractivity contribution in [2.45, 2.75) is 13.3 Å². The molecule has 0 amide bonds. The van der Waals surface area contributed by atoms with E-state index in [-0.39, 0.29) is 44.6 Å². The third-order valence-corrected chi connectivity index (χ3v) is 0.427. The molecule has 0 unspecified atom stereocenters. The van der Waals surface area contributed by atoms with Gasteiger partial charge in [-0.3, -0.25) is 0 Å². The van der Waals surface area contributed by atoms with E-state index in [2.05, 4.69) is 13.5 Å². The molecule has 0 heterocycles. The average molecular weight is 210 g/mol. The van der Waals surface area contributed by atoms with E-state index >= 15 is 0 Å². The van der Waals surface area contributed by atoms with Crippen LogP contribution >= 0.6 is 0 Å². The second kappa shape index (κ2) is 15.7. The largest absolute Gasteiger partial charge is 1.00 e. The fraction of sp³-hybridized carbons (Fsp3) is 0.400. The summed E-state index contributed by atoms with van der Waals surface area (Å²) in [5.74, 6) is 0. The normalized spacial score (nSPS) is 4.75. The van der Waals surface area contributed by atoms with Gasteiger partial charge in [-0.05, 0) is 20.3 Å². The van der Waals surface area contributed by atoms with Gasteiger partial charge in [0.1, 0.15) is 0 Å². The van der Waals surface area contributed by atoms with E-state index < -0.39 is 0 Å². The van der Waals surface area contributed by atoms with Crippen molar-refractivity contribution in [2.75, 3.05) is 0 Å². The third kappa shape index (κ3) is 28.2. The monoisotopic (exact) mass is 208 g/mol. The third-order valence-electron chi connectivity index (χ3n) is 0.427. The zero-order valence-corrected chi connectivity index (χ0v) is 8.89. The Morgan fingerprint density at radius 3 is 1.50 bits per heavy atom. The van der Waals surface area contributed by atoms with Crippen LogP contribution in [0.4, 0.5) is 0 Å². The number of allylic oxidation sites excluding steroid dienone is 1. The van der Waals surface area contributed by atoms with Crippen molar-refractivity contribution in [3.63, 3.8) is 0 Å². The maximum atomic E-state index is 3.61. The predicted molar refractivity (Wildman–Crippen MR) is 30.5 cm³/mol. The molecule has 48 valence electrons. The second-order valence-electron chi connectivity index (χ2n) is 1.21. The smallest absolute Gasteiger partial charge is 0 e. The van der Waals surface area contributed by atoms with Gasteiger partial charge in [-0.25, -0.2) is 0 Å². The van der Waals surface area contributed by atoms with Crippen LogP contribution in [-0.4, -0.2) is 19.8 Å². The molecule has 3 heteroatoms. The molecule has 0 aliphatic rings. The van der Waals surface area contributed by atoms with Gasteiger partial charge in [0.2, 0.25) is 0 Å². The van der Waals surface area contributed by atoms with Crippen molar-refractivity contribution in [3.8, 4) is 0 Å². The van der Waals surface area contributed by atoms with Gasteiger partial charge in [-0.2, -0.15) is 0 Å². The molecule has 0 aromatic heterocycles. The van der Waals surface area contributed by atoms with E-state index in [9.17, 15) is 0 Å². The summed E-state index contributed by atoms with van der Waals surface area (Å²) in [5, 5.41) is 0. The Morgan fingerprint density at radius 1 is 1.38 bits per heavy atom. The maximum Gasteiger partial charge on any atom is 0 e. The first-order valence-corrected chi connectivity index (χ1v) is 1.71. The minimum Gasteiger partial charge on any atom is -1.00 e. The molecule has 4 radical (unpaired) electrons. The molecule has 0 aromatic carbocycles. The Kier molecular flexibility index (Phi) is 45.2. The molecule has 0 nitrogen and oxygen atoms in total. The Bertz CT molecular complexity index is 45.7. The summed E-state index contributed by atoms with van der Waals surface area (Å²) in [6.07, 6.45) is 0.861. The second-order valence-corrected chi connectivity index (χ2v) is 1.21. The van der Waals surface area contributed by atoms with Gasteiger partial charge in [-0.1, -0.05) is 5.57 Å². The van der Waals surface area contributed by atoms with Gasteiger partial charge >= 0.3 is 0 Å². The van der Waals surface area contributed by atoms with Crippen LogP contribution in [0.5, 0.6) is 0 Å². The first-order valence-electron chi connectivity index (χ1n) is 1.71. The van der Waals surface area contributed by atoms with E-state index in [1.165, 1.54) is 0 Å². The van der Waals surface area contributed by atoms with Crippen LogP contribution in [0, 0.1) is 6.92 Å². The molecule has 0 rings (SSSR count). The minimum absolute atomic E-state index is 0. The summed E-state index contributed by atoms with van der Waals surface area (Å²) in [6.45, 7) is 9.16. The molecule has 0 aromatic rings. The summed E-state index contributed by atoms with van der Waals surface area (Å²) in [5.41, 5.74) is 1.14. The van der Waals surface area contributed by atoms with Gasteiger partial charge < -0.3 is 24.8 Å². The van der Waals surface area contributed by atoms with Crippen LogP contribution < -0.4 is 24.8 Å². The molecule has 0 spiro atoms. The molecule has 0 bridgehead atoms.